The van der Waals surface area contributed by atoms with Crippen molar-refractivity contribution in [2.75, 3.05) is 45.7 Å². The third-order valence-electron chi connectivity index (χ3n) is 12.0. The van der Waals surface area contributed by atoms with Crippen molar-refractivity contribution in [3.05, 3.63) is 52.8 Å². The van der Waals surface area contributed by atoms with Gasteiger partial charge in [-0.2, -0.15) is 13.5 Å². The van der Waals surface area contributed by atoms with E-state index in [4.69, 9.17) is 23.1 Å². The zero-order valence-corrected chi connectivity index (χ0v) is 37.8. The molecule has 4 aliphatic heterocycles. The van der Waals surface area contributed by atoms with E-state index in [1.54, 1.807) is 38.8 Å². The summed E-state index contributed by atoms with van der Waals surface area (Å²) >= 11 is 0. The SMILES string of the molecule is CO[C@H]1/C=C/O[C@@]2(C)Oc3c(C)c(O)c4c(O)c(c(/C=N/N5CCN(C)CC5)c(OS(=O)(=O)O)c4c3C2=O)NC(=O)/C(C)=C\C=C\[C@H](C)[C@H](O)[C@@H](C)[C@@H](O)[C@@H](C)[C@H](OC(C)=O)[C@@H]1C. The minimum Gasteiger partial charge on any atom is -0.507 e. The predicted molar refractivity (Wildman–Crippen MR) is 231 cm³/mol. The molecule has 0 aromatic heterocycles. The lowest BCUT2D eigenvalue weighted by Gasteiger charge is -2.38. The van der Waals surface area contributed by atoms with Crippen LogP contribution in [-0.2, 0) is 34.2 Å². The number of Topliss-reactive ketones (excluding diaryl/α,β-unsaturated/α-hetero) is 1. The van der Waals surface area contributed by atoms with Crippen LogP contribution in [0.2, 0.25) is 0 Å². The average Bonchev–Trinajstić information content (AvgIpc) is 3.48. The highest BCUT2D eigenvalue weighted by Gasteiger charge is 2.50. The van der Waals surface area contributed by atoms with E-state index in [0.717, 1.165) is 12.5 Å². The molecule has 6 N–H and O–H groups in total. The van der Waals surface area contributed by atoms with Crippen LogP contribution >= 0.6 is 0 Å². The number of ether oxygens (including phenoxy) is 4. The Labute approximate surface area is 366 Å². The third kappa shape index (κ3) is 10.3. The highest BCUT2D eigenvalue weighted by molar-refractivity contribution is 7.81. The molecule has 19 nitrogen and oxygen atoms in total. The summed E-state index contributed by atoms with van der Waals surface area (Å²) in [4.78, 5) is 43.0. The van der Waals surface area contributed by atoms with Crippen LogP contribution in [0.3, 0.4) is 0 Å². The van der Waals surface area contributed by atoms with Gasteiger partial charge in [0.1, 0.15) is 17.6 Å². The Morgan fingerprint density at radius 3 is 2.24 bits per heavy atom. The number of nitrogens with zero attached hydrogens (tertiary/aromatic N) is 3. The minimum absolute atomic E-state index is 0.0487. The van der Waals surface area contributed by atoms with Gasteiger partial charge >= 0.3 is 22.2 Å². The molecule has 0 unspecified atom stereocenters. The van der Waals surface area contributed by atoms with Gasteiger partial charge in [-0.1, -0.05) is 45.9 Å². The van der Waals surface area contributed by atoms with E-state index in [1.807, 2.05) is 7.05 Å². The molecule has 20 heteroatoms. The second-order valence-electron chi connectivity index (χ2n) is 16.6. The summed E-state index contributed by atoms with van der Waals surface area (Å²) in [6, 6.07) is 0. The lowest BCUT2D eigenvalue weighted by molar-refractivity contribution is -0.160. The Hall–Kier alpha value is -5.25. The number of amides is 1. The largest absolute Gasteiger partial charge is 0.507 e. The van der Waals surface area contributed by atoms with Crippen LogP contribution in [-0.4, -0.2) is 138 Å². The number of methoxy groups -OCH3 is 1. The zero-order chi connectivity index (χ0) is 46.9. The number of hydrogen-bond donors (Lipinski definition) is 6. The number of hydrazone groups is 1. The van der Waals surface area contributed by atoms with Crippen molar-refractivity contribution in [3.8, 4) is 23.0 Å². The van der Waals surface area contributed by atoms with Crippen LogP contribution in [0, 0.1) is 30.6 Å². The number of fused-ring (bicyclic) bond motifs is 14. The van der Waals surface area contributed by atoms with Gasteiger partial charge in [-0.25, -0.2) is 0 Å². The minimum atomic E-state index is -5.44. The highest BCUT2D eigenvalue weighted by Crippen LogP contribution is 2.55. The number of carbonyl (C=O) groups excluding carboxylic acids is 3. The van der Waals surface area contributed by atoms with Crippen molar-refractivity contribution in [2.45, 2.75) is 85.6 Å². The van der Waals surface area contributed by atoms with Gasteiger partial charge in [0.2, 0.25) is 0 Å². The van der Waals surface area contributed by atoms with Gasteiger partial charge in [-0.15, -0.1) is 0 Å². The molecule has 1 saturated heterocycles. The highest BCUT2D eigenvalue weighted by atomic mass is 32.3. The summed E-state index contributed by atoms with van der Waals surface area (Å²) in [5.74, 6) is -9.93. The van der Waals surface area contributed by atoms with Gasteiger partial charge in [0, 0.05) is 87.3 Å². The Bertz CT molecular complexity index is 2340. The van der Waals surface area contributed by atoms with Crippen LogP contribution in [0.15, 0.2) is 41.2 Å². The Balaban J connectivity index is 1.79. The lowest BCUT2D eigenvalue weighted by Crippen LogP contribution is -2.46. The molecule has 346 valence electrons. The van der Waals surface area contributed by atoms with Gasteiger partial charge in [0.25, 0.3) is 11.7 Å². The maximum atomic E-state index is 14.6. The molecule has 1 fully saturated rings. The van der Waals surface area contributed by atoms with Crippen LogP contribution < -0.4 is 14.2 Å². The number of carbonyl (C=O) groups is 3. The van der Waals surface area contributed by atoms with Crippen LogP contribution in [0.4, 0.5) is 5.69 Å². The fraction of sp³-hybridized carbons (Fsp3) is 0.535. The fourth-order valence-electron chi connectivity index (χ4n) is 8.10. The first kappa shape index (κ1) is 48.8. The van der Waals surface area contributed by atoms with Crippen molar-refractivity contribution < 1.29 is 70.9 Å². The van der Waals surface area contributed by atoms with E-state index in [0.29, 0.717) is 26.2 Å². The number of benzene rings is 2. The molecule has 0 aliphatic carbocycles. The van der Waals surface area contributed by atoms with E-state index < -0.39 is 127 Å². The summed E-state index contributed by atoms with van der Waals surface area (Å²) < 4.78 is 64.2. The summed E-state index contributed by atoms with van der Waals surface area (Å²) in [6.45, 7) is 14.1. The molecule has 4 aliphatic rings. The van der Waals surface area contributed by atoms with E-state index in [9.17, 15) is 47.8 Å². The molecule has 0 saturated carbocycles. The number of aromatic hydroxyl groups is 2. The monoisotopic (exact) mass is 902 g/mol. The number of rotatable bonds is 6. The van der Waals surface area contributed by atoms with Crippen molar-refractivity contribution >= 4 is 50.7 Å². The molecule has 1 amide bonds. The number of likely N-dealkylation sites (N-methyl/N-ethyl adjacent to an activating group) is 1. The molecule has 0 radical (unpaired) electrons. The summed E-state index contributed by atoms with van der Waals surface area (Å²) in [5.41, 5.74) is -1.36. The molecular formula is C43H58N4O15S. The molecule has 0 spiro atoms. The van der Waals surface area contributed by atoms with Gasteiger partial charge in [-0.05, 0) is 27.0 Å². The van der Waals surface area contributed by atoms with E-state index >= 15 is 0 Å². The zero-order valence-electron chi connectivity index (χ0n) is 37.0. The maximum Gasteiger partial charge on any atom is 0.446 e. The molecule has 5 bridgehead atoms. The maximum absolute atomic E-state index is 14.6. The van der Waals surface area contributed by atoms with Gasteiger partial charge in [0.15, 0.2) is 11.5 Å². The number of hydrogen-bond acceptors (Lipinski definition) is 17. The molecule has 4 heterocycles. The number of nitrogens with one attached hydrogen (secondary N) is 1. The van der Waals surface area contributed by atoms with E-state index in [1.165, 1.54) is 53.0 Å². The number of allylic oxidation sites excluding steroid dienone is 2. The molecule has 63 heavy (non-hydrogen) atoms. The van der Waals surface area contributed by atoms with Crippen LogP contribution in [0.1, 0.15) is 70.0 Å². The first-order valence-corrected chi connectivity index (χ1v) is 21.8. The van der Waals surface area contributed by atoms with Crippen LogP contribution in [0.5, 0.6) is 23.0 Å². The molecule has 2 aromatic carbocycles. The fourth-order valence-corrected chi connectivity index (χ4v) is 8.48. The summed E-state index contributed by atoms with van der Waals surface area (Å²) in [6.07, 6.45) is 4.03. The molecule has 2 aromatic rings. The second-order valence-corrected chi connectivity index (χ2v) is 17.6. The normalized spacial score (nSPS) is 31.0. The number of phenols is 2. The van der Waals surface area contributed by atoms with E-state index in [-0.39, 0.29) is 16.9 Å². The number of aliphatic hydroxyl groups excluding tert-OH is 2. The number of aliphatic hydroxyl groups is 2. The van der Waals surface area contributed by atoms with Crippen molar-refractivity contribution in [1.82, 2.24) is 9.91 Å². The van der Waals surface area contributed by atoms with Gasteiger partial charge < -0.3 is 53.8 Å². The molecule has 6 rings (SSSR count). The quantitative estimate of drug-likeness (QED) is 0.104. The second kappa shape index (κ2) is 19.2. The number of piperazine rings is 1. The van der Waals surface area contributed by atoms with Gasteiger partial charge in [0.05, 0.1) is 53.0 Å². The van der Waals surface area contributed by atoms with Gasteiger partial charge in [-0.3, -0.25) is 23.9 Å². The summed E-state index contributed by atoms with van der Waals surface area (Å²) in [7, 11) is -2.13. The Morgan fingerprint density at radius 2 is 1.63 bits per heavy atom. The number of ketones is 1. The lowest BCUT2D eigenvalue weighted by atomic mass is 9.78. The topological polar surface area (TPSA) is 264 Å². The predicted octanol–water partition coefficient (Wildman–Crippen LogP) is 3.81. The number of anilines is 1. The van der Waals surface area contributed by atoms with Crippen molar-refractivity contribution in [3.63, 3.8) is 0 Å². The summed E-state index contributed by atoms with van der Waals surface area (Å²) in [5, 5.41) is 54.3. The standard InChI is InChI=1S/C43H58N4O15S/c1-21-12-11-13-22(2)42(54)45-33-28(20-44-47-17-15-46(9)16-18-47)40(62-63(55,56)57)30-31(37(33)52)36(51)26(6)39-32(30)41(53)43(8,61-39)59-19-14-29(58-10)23(3)38(60-27(7)48)25(5)35(50)24(4)34(21)49/h11-14,19-21,23-25,29,34-35,38,49-52H,15-18H2,1-10H3,(H,45,54)(H,55,56,57)/b12-11+,19-14+,22-13-,44-20+/t21-,23+,24+,25+,29-,34-,35+,38+,43-/m0/s1. The van der Waals surface area contributed by atoms with Crippen molar-refractivity contribution in [2.24, 2.45) is 28.8 Å². The van der Waals surface area contributed by atoms with E-state index in [2.05, 4.69) is 15.3 Å². The smallest absolute Gasteiger partial charge is 0.446 e. The molecule has 9 atom stereocenters. The Morgan fingerprint density at radius 1 is 0.984 bits per heavy atom. The Kier molecular flexibility index (Phi) is 14.9. The molecular weight excluding hydrogens is 845 g/mol. The van der Waals surface area contributed by atoms with Crippen LogP contribution in [0.25, 0.3) is 10.8 Å². The first-order valence-electron chi connectivity index (χ1n) is 20.5. The number of phenolic OH excluding ortho intramolecular Hbond substituents is 2. The van der Waals surface area contributed by atoms with Crippen molar-refractivity contribution in [1.29, 1.82) is 0 Å². The average molecular weight is 903 g/mol. The number of esters is 1. The third-order valence-corrected chi connectivity index (χ3v) is 12.4. The first-order chi connectivity index (χ1) is 29.4.